The van der Waals surface area contributed by atoms with Gasteiger partial charge < -0.3 is 14.9 Å². The van der Waals surface area contributed by atoms with E-state index in [9.17, 15) is 0 Å². The standard InChI is InChI=1S/C18H30N2O/c1-15-10-16(2)12-18(11-15)14-19(3)13-17-4-6-20(7-5-17)8-9-21/h10-12,17,21H,4-9,13-14H2,1-3H3. The third-order valence-electron chi connectivity index (χ3n) is 4.43. The Morgan fingerprint density at radius 2 is 1.76 bits per heavy atom. The number of aryl methyl sites for hydroxylation is 2. The lowest BCUT2D eigenvalue weighted by molar-refractivity contribution is 0.129. The summed E-state index contributed by atoms with van der Waals surface area (Å²) >= 11 is 0. The molecule has 1 N–H and O–H groups in total. The van der Waals surface area contributed by atoms with E-state index in [0.717, 1.165) is 32.1 Å². The minimum absolute atomic E-state index is 0.289. The van der Waals surface area contributed by atoms with Crippen LogP contribution in [0.25, 0.3) is 0 Å². The van der Waals surface area contributed by atoms with Crippen LogP contribution < -0.4 is 0 Å². The van der Waals surface area contributed by atoms with Crippen LogP contribution in [0.15, 0.2) is 18.2 Å². The molecule has 0 amide bonds. The molecule has 3 nitrogen and oxygen atoms in total. The summed E-state index contributed by atoms with van der Waals surface area (Å²) in [6, 6.07) is 6.83. The summed E-state index contributed by atoms with van der Waals surface area (Å²) in [5, 5.41) is 8.99. The number of benzene rings is 1. The van der Waals surface area contributed by atoms with E-state index in [0.29, 0.717) is 0 Å². The summed E-state index contributed by atoms with van der Waals surface area (Å²) in [7, 11) is 2.23. The second kappa shape index (κ2) is 7.92. The predicted octanol–water partition coefficient (Wildman–Crippen LogP) is 2.44. The van der Waals surface area contributed by atoms with Gasteiger partial charge in [-0.1, -0.05) is 29.3 Å². The van der Waals surface area contributed by atoms with Crippen LogP contribution in [0.2, 0.25) is 0 Å². The second-order valence-electron chi connectivity index (χ2n) is 6.70. The zero-order valence-corrected chi connectivity index (χ0v) is 13.8. The van der Waals surface area contributed by atoms with Gasteiger partial charge in [-0.2, -0.15) is 0 Å². The minimum atomic E-state index is 0.289. The largest absolute Gasteiger partial charge is 0.395 e. The quantitative estimate of drug-likeness (QED) is 0.872. The Bertz CT molecular complexity index is 419. The summed E-state index contributed by atoms with van der Waals surface area (Å²) in [6.07, 6.45) is 2.52. The van der Waals surface area contributed by atoms with Crippen LogP contribution in [-0.4, -0.2) is 54.7 Å². The van der Waals surface area contributed by atoms with E-state index < -0.39 is 0 Å². The van der Waals surface area contributed by atoms with E-state index in [-0.39, 0.29) is 6.61 Å². The van der Waals surface area contributed by atoms with E-state index >= 15 is 0 Å². The number of hydrogen-bond donors (Lipinski definition) is 1. The number of nitrogens with zero attached hydrogens (tertiary/aromatic N) is 2. The van der Waals surface area contributed by atoms with Gasteiger partial charge in [-0.05, 0) is 58.3 Å². The number of rotatable bonds is 6. The van der Waals surface area contributed by atoms with Crippen LogP contribution in [0.5, 0.6) is 0 Å². The van der Waals surface area contributed by atoms with Crippen LogP contribution in [-0.2, 0) is 6.54 Å². The van der Waals surface area contributed by atoms with Crippen molar-refractivity contribution >= 4 is 0 Å². The molecule has 21 heavy (non-hydrogen) atoms. The van der Waals surface area contributed by atoms with E-state index in [1.165, 1.54) is 36.1 Å². The maximum Gasteiger partial charge on any atom is 0.0558 e. The van der Waals surface area contributed by atoms with Crippen LogP contribution in [0.3, 0.4) is 0 Å². The molecule has 1 heterocycles. The molecule has 0 atom stereocenters. The first-order valence-electron chi connectivity index (χ1n) is 8.15. The molecule has 0 saturated carbocycles. The molecule has 1 aromatic carbocycles. The molecular formula is C18H30N2O. The van der Waals surface area contributed by atoms with E-state index in [1.807, 2.05) is 0 Å². The molecule has 1 fully saturated rings. The van der Waals surface area contributed by atoms with Crippen LogP contribution >= 0.6 is 0 Å². The lowest BCUT2D eigenvalue weighted by atomic mass is 9.96. The van der Waals surface area contributed by atoms with Crippen molar-refractivity contribution in [1.82, 2.24) is 9.80 Å². The maximum absolute atomic E-state index is 8.99. The summed E-state index contributed by atoms with van der Waals surface area (Å²) in [5.41, 5.74) is 4.14. The number of piperidine rings is 1. The molecule has 118 valence electrons. The molecule has 1 aliphatic heterocycles. The van der Waals surface area contributed by atoms with Gasteiger partial charge in [0.15, 0.2) is 0 Å². The van der Waals surface area contributed by atoms with Crippen molar-refractivity contribution in [3.8, 4) is 0 Å². The fraction of sp³-hybridized carbons (Fsp3) is 0.667. The highest BCUT2D eigenvalue weighted by molar-refractivity contribution is 5.28. The van der Waals surface area contributed by atoms with Gasteiger partial charge >= 0.3 is 0 Å². The van der Waals surface area contributed by atoms with Crippen LogP contribution in [0.1, 0.15) is 29.5 Å². The predicted molar refractivity (Wildman–Crippen MR) is 88.5 cm³/mol. The Kier molecular flexibility index (Phi) is 6.22. The van der Waals surface area contributed by atoms with Crippen molar-refractivity contribution < 1.29 is 5.11 Å². The Hall–Kier alpha value is -0.900. The SMILES string of the molecule is Cc1cc(C)cc(CN(C)CC2CCN(CCO)CC2)c1. The van der Waals surface area contributed by atoms with Crippen molar-refractivity contribution in [2.24, 2.45) is 5.92 Å². The van der Waals surface area contributed by atoms with Crippen molar-refractivity contribution in [3.63, 3.8) is 0 Å². The average molecular weight is 290 g/mol. The highest BCUT2D eigenvalue weighted by Crippen LogP contribution is 2.19. The lowest BCUT2D eigenvalue weighted by Gasteiger charge is -2.33. The average Bonchev–Trinajstić information content (AvgIpc) is 2.40. The molecule has 3 heteroatoms. The Morgan fingerprint density at radius 3 is 2.33 bits per heavy atom. The highest BCUT2D eigenvalue weighted by Gasteiger charge is 2.19. The van der Waals surface area contributed by atoms with Gasteiger partial charge in [-0.15, -0.1) is 0 Å². The monoisotopic (exact) mass is 290 g/mol. The van der Waals surface area contributed by atoms with Gasteiger partial charge in [0.25, 0.3) is 0 Å². The summed E-state index contributed by atoms with van der Waals surface area (Å²) in [6.45, 7) is 9.98. The summed E-state index contributed by atoms with van der Waals surface area (Å²) in [5.74, 6) is 0.802. The molecule has 0 bridgehead atoms. The van der Waals surface area contributed by atoms with Crippen LogP contribution in [0, 0.1) is 19.8 Å². The third-order valence-corrected chi connectivity index (χ3v) is 4.43. The highest BCUT2D eigenvalue weighted by atomic mass is 16.3. The van der Waals surface area contributed by atoms with Gasteiger partial charge in [0, 0.05) is 19.6 Å². The van der Waals surface area contributed by atoms with E-state index in [2.05, 4.69) is 48.9 Å². The first-order chi connectivity index (χ1) is 10.1. The molecule has 0 radical (unpaired) electrons. The minimum Gasteiger partial charge on any atom is -0.395 e. The fourth-order valence-electron chi connectivity index (χ4n) is 3.51. The molecule has 1 aromatic rings. The van der Waals surface area contributed by atoms with Crippen molar-refractivity contribution in [2.75, 3.05) is 39.8 Å². The summed E-state index contributed by atoms with van der Waals surface area (Å²) in [4.78, 5) is 4.83. The number of aliphatic hydroxyl groups is 1. The van der Waals surface area contributed by atoms with Gasteiger partial charge in [0.2, 0.25) is 0 Å². The molecule has 0 aromatic heterocycles. The number of likely N-dealkylation sites (tertiary alicyclic amines) is 1. The molecular weight excluding hydrogens is 260 g/mol. The molecule has 0 unspecified atom stereocenters. The van der Waals surface area contributed by atoms with Crippen molar-refractivity contribution in [1.29, 1.82) is 0 Å². The third kappa shape index (κ3) is 5.42. The Morgan fingerprint density at radius 1 is 1.14 bits per heavy atom. The molecule has 1 saturated heterocycles. The molecule has 0 aliphatic carbocycles. The molecule has 0 spiro atoms. The zero-order valence-electron chi connectivity index (χ0n) is 13.8. The zero-order chi connectivity index (χ0) is 15.2. The first-order valence-corrected chi connectivity index (χ1v) is 8.15. The maximum atomic E-state index is 8.99. The first kappa shape index (κ1) is 16.5. The normalized spacial score (nSPS) is 17.6. The summed E-state index contributed by atoms with van der Waals surface area (Å²) < 4.78 is 0. The number of β-amino-alcohol motifs (C(OH)–C–C–N with tert-alkyl or cyclic N) is 1. The number of aliphatic hydroxyl groups excluding tert-OH is 1. The van der Waals surface area contributed by atoms with Gasteiger partial charge in [-0.3, -0.25) is 0 Å². The molecule has 2 rings (SSSR count). The Balaban J connectivity index is 1.78. The molecule has 1 aliphatic rings. The van der Waals surface area contributed by atoms with Crippen molar-refractivity contribution in [3.05, 3.63) is 34.9 Å². The number of hydrogen-bond acceptors (Lipinski definition) is 3. The van der Waals surface area contributed by atoms with Gasteiger partial charge in [-0.25, -0.2) is 0 Å². The van der Waals surface area contributed by atoms with Crippen LogP contribution in [0.4, 0.5) is 0 Å². The van der Waals surface area contributed by atoms with E-state index in [1.54, 1.807) is 0 Å². The second-order valence-corrected chi connectivity index (χ2v) is 6.70. The fourth-order valence-corrected chi connectivity index (χ4v) is 3.51. The van der Waals surface area contributed by atoms with Crippen molar-refractivity contribution in [2.45, 2.75) is 33.2 Å². The smallest absolute Gasteiger partial charge is 0.0558 e. The topological polar surface area (TPSA) is 26.7 Å². The lowest BCUT2D eigenvalue weighted by Crippen LogP contribution is -2.38. The Labute approximate surface area is 129 Å². The van der Waals surface area contributed by atoms with E-state index in [4.69, 9.17) is 5.11 Å². The van der Waals surface area contributed by atoms with Gasteiger partial charge in [0.1, 0.15) is 0 Å². The van der Waals surface area contributed by atoms with Gasteiger partial charge in [0.05, 0.1) is 6.61 Å².